The van der Waals surface area contributed by atoms with E-state index < -0.39 is 13.9 Å². The molecule has 0 aliphatic carbocycles. The topological polar surface area (TPSA) is 36.9 Å². The quantitative estimate of drug-likeness (QED) is 0.117. The monoisotopic (exact) mass is 454 g/mol. The minimum atomic E-state index is -0.907. The first-order valence-corrected chi connectivity index (χ1v) is 15.4. The Morgan fingerprint density at radius 2 is 1.26 bits per heavy atom. The average Bonchev–Trinajstić information content (AvgIpc) is 2.52. The molecule has 0 saturated heterocycles. The van der Waals surface area contributed by atoms with Gasteiger partial charge >= 0.3 is 0 Å². The van der Waals surface area contributed by atoms with Gasteiger partial charge in [0.1, 0.15) is 13.9 Å². The molecule has 4 nitrogen and oxygen atoms in total. The van der Waals surface area contributed by atoms with E-state index in [2.05, 4.69) is 11.6 Å². The van der Waals surface area contributed by atoms with Crippen LogP contribution in [0.3, 0.4) is 0 Å². The van der Waals surface area contributed by atoms with Crippen molar-refractivity contribution in [3.8, 4) is 0 Å². The van der Waals surface area contributed by atoms with Gasteiger partial charge in [-0.05, 0) is 23.7 Å². The van der Waals surface area contributed by atoms with Crippen molar-refractivity contribution in [2.24, 2.45) is 0 Å². The minimum Gasteiger partial charge on any atom is -0.456 e. The predicted octanol–water partition coefficient (Wildman–Crippen LogP) is 5.14. The van der Waals surface area contributed by atoms with Gasteiger partial charge in [-0.3, -0.25) is 0 Å². The molecule has 0 aliphatic rings. The number of hydrogen-bond donors (Lipinski definition) is 0. The Morgan fingerprint density at radius 3 is 1.61 bits per heavy atom. The van der Waals surface area contributed by atoms with Crippen molar-refractivity contribution >= 4 is 81.5 Å². The fourth-order valence-corrected chi connectivity index (χ4v) is 7.96. The maximum absolute atomic E-state index is 5.46. The average molecular weight is 455 g/mol. The Bertz CT molecular complexity index is 328. The van der Waals surface area contributed by atoms with Crippen LogP contribution in [0, 0.1) is 0 Å². The molecule has 0 saturated carbocycles. The van der Waals surface area contributed by atoms with E-state index in [0.717, 1.165) is 24.3 Å². The van der Waals surface area contributed by atoms with E-state index in [1.54, 1.807) is 24.0 Å². The van der Waals surface area contributed by atoms with Gasteiger partial charge in [-0.1, -0.05) is 21.6 Å². The van der Waals surface area contributed by atoms with Gasteiger partial charge in [0.25, 0.3) is 0 Å². The SMILES string of the molecule is COC(C)O[P+]([S-])=CCCSSSCCC=[P+]([S-])OC(C)OC. The maximum Gasteiger partial charge on any atom is 0.202 e. The second-order valence-corrected chi connectivity index (χ2v) is 13.0. The smallest absolute Gasteiger partial charge is 0.202 e. The Morgan fingerprint density at radius 1 is 0.870 bits per heavy atom. The van der Waals surface area contributed by atoms with Crippen molar-refractivity contribution < 1.29 is 18.5 Å². The molecule has 0 rings (SSSR count). The van der Waals surface area contributed by atoms with E-state index >= 15 is 0 Å². The molecule has 0 fully saturated rings. The first-order chi connectivity index (χ1) is 11.0. The van der Waals surface area contributed by atoms with Gasteiger partial charge in [0, 0.05) is 38.6 Å². The molecule has 0 amide bonds. The summed E-state index contributed by atoms with van der Waals surface area (Å²) in [4.78, 5) is 0. The van der Waals surface area contributed by atoms with Crippen LogP contribution >= 0.6 is 45.4 Å². The second-order valence-electron chi connectivity index (χ2n) is 4.04. The highest BCUT2D eigenvalue weighted by molar-refractivity contribution is 9.09. The number of methoxy groups -OCH3 is 2. The third-order valence-corrected chi connectivity index (χ3v) is 10.1. The van der Waals surface area contributed by atoms with E-state index in [0.29, 0.717) is 0 Å². The van der Waals surface area contributed by atoms with Gasteiger partial charge < -0.3 is 34.0 Å². The molecule has 0 radical (unpaired) electrons. The van der Waals surface area contributed by atoms with Crippen molar-refractivity contribution in [2.45, 2.75) is 39.3 Å². The lowest BCUT2D eigenvalue weighted by Crippen LogP contribution is -2.04. The summed E-state index contributed by atoms with van der Waals surface area (Å²) in [6.07, 6.45) is 1.45. The zero-order valence-corrected chi connectivity index (χ0v) is 19.6. The van der Waals surface area contributed by atoms with Gasteiger partial charge in [0.05, 0.1) is 11.6 Å². The molecule has 11 heteroatoms. The van der Waals surface area contributed by atoms with Crippen LogP contribution in [0.1, 0.15) is 26.7 Å². The van der Waals surface area contributed by atoms with Gasteiger partial charge in [0.15, 0.2) is 0 Å². The Hall–Kier alpha value is 1.93. The van der Waals surface area contributed by atoms with Crippen LogP contribution in [-0.4, -0.2) is 49.9 Å². The summed E-state index contributed by atoms with van der Waals surface area (Å²) in [5.74, 6) is 6.18. The molecule has 4 atom stereocenters. The van der Waals surface area contributed by atoms with Crippen LogP contribution < -0.4 is 0 Å². The third kappa shape index (κ3) is 17.1. The molecule has 23 heavy (non-hydrogen) atoms. The molecular weight excluding hydrogens is 430 g/mol. The van der Waals surface area contributed by atoms with Crippen LogP contribution in [0.25, 0.3) is 0 Å². The van der Waals surface area contributed by atoms with Crippen molar-refractivity contribution in [3.63, 3.8) is 0 Å². The number of hydrogen-bond acceptors (Lipinski definition) is 9. The number of ether oxygens (including phenoxy) is 2. The fraction of sp³-hybridized carbons (Fsp3) is 0.833. The highest BCUT2D eigenvalue weighted by atomic mass is 33.5. The molecule has 0 spiro atoms. The fourth-order valence-electron chi connectivity index (χ4n) is 0.979. The highest BCUT2D eigenvalue weighted by Gasteiger charge is 2.05. The number of rotatable bonds is 14. The highest BCUT2D eigenvalue weighted by Crippen LogP contribution is 2.35. The standard InChI is InChI=1S/C12H24O4P2S5/c1-11(13-3)15-17(19)7-5-9-21-23-22-10-6-8-18(20)16-12(2)14-4/h7-8,11-12H,5-6,9-10H2,1-4H3. The molecule has 4 unspecified atom stereocenters. The maximum atomic E-state index is 5.46. The van der Waals surface area contributed by atoms with E-state index in [4.69, 9.17) is 43.0 Å². The zero-order valence-electron chi connectivity index (χ0n) is 13.7. The van der Waals surface area contributed by atoms with Crippen LogP contribution in [-0.2, 0) is 43.0 Å². The first kappa shape index (κ1) is 24.9. The van der Waals surface area contributed by atoms with Crippen molar-refractivity contribution in [3.05, 3.63) is 0 Å². The third-order valence-electron chi connectivity index (χ3n) is 2.22. The van der Waals surface area contributed by atoms with Gasteiger partial charge in [-0.25, -0.2) is 0 Å². The summed E-state index contributed by atoms with van der Waals surface area (Å²) < 4.78 is 21.0. The van der Waals surface area contributed by atoms with Crippen molar-refractivity contribution in [1.29, 1.82) is 0 Å². The van der Waals surface area contributed by atoms with Gasteiger partial charge in [-0.15, -0.1) is 0 Å². The minimum absolute atomic E-state index is 0.227. The molecule has 0 aliphatic heterocycles. The van der Waals surface area contributed by atoms with Crippen LogP contribution in [0.4, 0.5) is 0 Å². The summed E-state index contributed by atoms with van der Waals surface area (Å²) in [5, 5.41) is 0. The molecule has 0 aromatic carbocycles. The Labute approximate surface area is 164 Å². The lowest BCUT2D eigenvalue weighted by molar-refractivity contribution is -0.0275. The molecule has 0 aromatic heterocycles. The van der Waals surface area contributed by atoms with Crippen LogP contribution in [0.15, 0.2) is 0 Å². The summed E-state index contributed by atoms with van der Waals surface area (Å²) >= 11 is 10.5. The Kier molecular flexibility index (Phi) is 18.8. The first-order valence-electron chi connectivity index (χ1n) is 6.89. The molecule has 0 N–H and O–H groups in total. The molecular formula is C12H24O4P2S5. The normalized spacial score (nSPS) is 15.7. The van der Waals surface area contributed by atoms with E-state index in [1.165, 1.54) is 0 Å². The van der Waals surface area contributed by atoms with E-state index in [1.807, 2.05) is 35.4 Å². The molecule has 0 bridgehead atoms. The Balaban J connectivity index is 3.53. The van der Waals surface area contributed by atoms with Crippen molar-refractivity contribution in [1.82, 2.24) is 0 Å². The van der Waals surface area contributed by atoms with E-state index in [-0.39, 0.29) is 12.6 Å². The summed E-state index contributed by atoms with van der Waals surface area (Å²) in [5.41, 5.74) is 0. The lowest BCUT2D eigenvalue weighted by atomic mass is 10.6. The summed E-state index contributed by atoms with van der Waals surface area (Å²) in [7, 11) is 8.70. The van der Waals surface area contributed by atoms with Gasteiger partial charge in [0.2, 0.25) is 12.6 Å². The second kappa shape index (κ2) is 17.3. The van der Waals surface area contributed by atoms with Crippen LogP contribution in [0.5, 0.6) is 0 Å². The van der Waals surface area contributed by atoms with Crippen molar-refractivity contribution in [2.75, 3.05) is 25.7 Å². The molecule has 0 heterocycles. The zero-order chi connectivity index (χ0) is 17.5. The lowest BCUT2D eigenvalue weighted by Gasteiger charge is -2.06. The largest absolute Gasteiger partial charge is 0.456 e. The predicted molar refractivity (Wildman–Crippen MR) is 118 cm³/mol. The molecule has 136 valence electrons. The molecule has 0 aromatic rings. The summed E-state index contributed by atoms with van der Waals surface area (Å²) in [6.45, 7) is 1.89. The summed E-state index contributed by atoms with van der Waals surface area (Å²) in [6, 6.07) is 0. The van der Waals surface area contributed by atoms with E-state index in [9.17, 15) is 0 Å². The van der Waals surface area contributed by atoms with Crippen LogP contribution in [0.2, 0.25) is 0 Å². The van der Waals surface area contributed by atoms with Gasteiger partial charge in [-0.2, -0.15) is 9.05 Å².